The summed E-state index contributed by atoms with van der Waals surface area (Å²) in [6.45, 7) is 4.07. The molecule has 0 saturated heterocycles. The summed E-state index contributed by atoms with van der Waals surface area (Å²) < 4.78 is 0. The Morgan fingerprint density at radius 1 is 1.29 bits per heavy atom. The highest BCUT2D eigenvalue weighted by atomic mass is 32.1. The van der Waals surface area contributed by atoms with E-state index in [0.717, 1.165) is 11.3 Å². The Hall–Kier alpha value is -2.14. The van der Waals surface area contributed by atoms with E-state index in [9.17, 15) is 9.59 Å². The molecule has 0 atom stereocenters. The van der Waals surface area contributed by atoms with Crippen LogP contribution in [0.15, 0.2) is 30.3 Å². The summed E-state index contributed by atoms with van der Waals surface area (Å²) in [6.07, 6.45) is 0.853. The van der Waals surface area contributed by atoms with Crippen molar-refractivity contribution in [3.63, 3.8) is 0 Å². The number of carboxylic acids is 1. The van der Waals surface area contributed by atoms with Crippen LogP contribution in [0.25, 0.3) is 0 Å². The van der Waals surface area contributed by atoms with Gasteiger partial charge in [-0.2, -0.15) is 0 Å². The minimum Gasteiger partial charge on any atom is -0.481 e. The van der Waals surface area contributed by atoms with Crippen LogP contribution in [0, 0.1) is 6.92 Å². The Labute approximate surface area is 127 Å². The van der Waals surface area contributed by atoms with Crippen molar-refractivity contribution in [2.45, 2.75) is 26.7 Å². The molecule has 2 rings (SSSR count). The van der Waals surface area contributed by atoms with Crippen molar-refractivity contribution in [2.75, 3.05) is 5.32 Å². The van der Waals surface area contributed by atoms with E-state index >= 15 is 0 Å². The van der Waals surface area contributed by atoms with Crippen LogP contribution < -0.4 is 5.32 Å². The molecule has 1 aromatic heterocycles. The highest BCUT2D eigenvalue weighted by molar-refractivity contribution is 7.14. The molecule has 21 heavy (non-hydrogen) atoms. The van der Waals surface area contributed by atoms with Gasteiger partial charge in [0.2, 0.25) is 0 Å². The molecule has 110 valence electrons. The average Bonchev–Trinajstić information content (AvgIpc) is 2.79. The number of amides is 1. The van der Waals surface area contributed by atoms with E-state index in [1.54, 1.807) is 24.3 Å². The van der Waals surface area contributed by atoms with Crippen LogP contribution in [0.4, 0.5) is 5.69 Å². The van der Waals surface area contributed by atoms with Crippen molar-refractivity contribution in [1.29, 1.82) is 0 Å². The van der Waals surface area contributed by atoms with Crippen molar-refractivity contribution in [3.05, 3.63) is 51.2 Å². The quantitative estimate of drug-likeness (QED) is 0.888. The molecular weight excluding hydrogens is 286 g/mol. The molecule has 0 spiro atoms. The zero-order valence-electron chi connectivity index (χ0n) is 12.0. The molecule has 0 unspecified atom stereocenters. The number of nitrogens with one attached hydrogen (secondary N) is 1. The van der Waals surface area contributed by atoms with Gasteiger partial charge in [0.15, 0.2) is 0 Å². The first-order valence-electron chi connectivity index (χ1n) is 6.71. The predicted octanol–water partition coefficient (Wildman–Crippen LogP) is 3.50. The van der Waals surface area contributed by atoms with Crippen LogP contribution in [0.2, 0.25) is 0 Å². The summed E-state index contributed by atoms with van der Waals surface area (Å²) in [5, 5.41) is 11.6. The van der Waals surface area contributed by atoms with Gasteiger partial charge in [0.25, 0.3) is 5.91 Å². The van der Waals surface area contributed by atoms with Crippen molar-refractivity contribution < 1.29 is 14.7 Å². The number of hydrogen-bond acceptors (Lipinski definition) is 3. The number of hydrogen-bond donors (Lipinski definition) is 2. The van der Waals surface area contributed by atoms with E-state index in [1.165, 1.54) is 16.9 Å². The zero-order valence-corrected chi connectivity index (χ0v) is 12.8. The first-order chi connectivity index (χ1) is 9.99. The highest BCUT2D eigenvalue weighted by Crippen LogP contribution is 2.23. The fraction of sp³-hybridized carbons (Fsp3) is 0.250. The lowest BCUT2D eigenvalue weighted by molar-refractivity contribution is -0.136. The molecule has 0 aliphatic carbocycles. The van der Waals surface area contributed by atoms with Gasteiger partial charge in [0.1, 0.15) is 0 Å². The van der Waals surface area contributed by atoms with Crippen LogP contribution in [-0.2, 0) is 17.6 Å². The van der Waals surface area contributed by atoms with Gasteiger partial charge in [-0.25, -0.2) is 0 Å². The van der Waals surface area contributed by atoms with Crippen LogP contribution in [0.1, 0.15) is 32.6 Å². The SMILES string of the molecule is CCc1cc(C(=O)Nc2cccc(CC(=O)O)c2)sc1C. The smallest absolute Gasteiger partial charge is 0.307 e. The third kappa shape index (κ3) is 3.92. The standard InChI is InChI=1S/C16H17NO3S/c1-3-12-9-14(21-10(12)2)16(20)17-13-6-4-5-11(7-13)8-15(18)19/h4-7,9H,3,8H2,1-2H3,(H,17,20)(H,18,19). The first-order valence-corrected chi connectivity index (χ1v) is 7.52. The van der Waals surface area contributed by atoms with E-state index in [1.807, 2.05) is 13.0 Å². The number of benzene rings is 1. The second kappa shape index (κ2) is 6.54. The highest BCUT2D eigenvalue weighted by Gasteiger charge is 2.12. The molecule has 1 aromatic carbocycles. The van der Waals surface area contributed by atoms with Crippen molar-refractivity contribution in [2.24, 2.45) is 0 Å². The van der Waals surface area contributed by atoms with Crippen LogP contribution in [0.3, 0.4) is 0 Å². The topological polar surface area (TPSA) is 66.4 Å². The van der Waals surface area contributed by atoms with E-state index in [0.29, 0.717) is 16.1 Å². The molecule has 0 aliphatic heterocycles. The molecule has 0 saturated carbocycles. The average molecular weight is 303 g/mol. The first kappa shape index (κ1) is 15.3. The Balaban J connectivity index is 2.13. The largest absolute Gasteiger partial charge is 0.481 e. The van der Waals surface area contributed by atoms with E-state index in [-0.39, 0.29) is 12.3 Å². The normalized spacial score (nSPS) is 10.4. The monoisotopic (exact) mass is 303 g/mol. The van der Waals surface area contributed by atoms with Gasteiger partial charge >= 0.3 is 5.97 Å². The maximum Gasteiger partial charge on any atom is 0.307 e. The summed E-state index contributed by atoms with van der Waals surface area (Å²) in [6, 6.07) is 8.83. The number of carbonyl (C=O) groups is 2. The van der Waals surface area contributed by atoms with Gasteiger partial charge in [0.05, 0.1) is 11.3 Å². The summed E-state index contributed by atoms with van der Waals surface area (Å²) in [5.41, 5.74) is 2.46. The zero-order chi connectivity index (χ0) is 15.4. The molecule has 0 radical (unpaired) electrons. The molecule has 0 aliphatic rings. The van der Waals surface area contributed by atoms with Crippen LogP contribution >= 0.6 is 11.3 Å². The van der Waals surface area contributed by atoms with Gasteiger partial charge < -0.3 is 10.4 Å². The van der Waals surface area contributed by atoms with E-state index in [2.05, 4.69) is 12.2 Å². The van der Waals surface area contributed by atoms with E-state index < -0.39 is 5.97 Å². The van der Waals surface area contributed by atoms with Gasteiger partial charge in [-0.3, -0.25) is 9.59 Å². The number of thiophene rings is 1. The lowest BCUT2D eigenvalue weighted by Crippen LogP contribution is -2.10. The molecule has 5 heteroatoms. The summed E-state index contributed by atoms with van der Waals surface area (Å²) in [4.78, 5) is 24.8. The summed E-state index contributed by atoms with van der Waals surface area (Å²) >= 11 is 1.47. The molecular formula is C16H17NO3S. The van der Waals surface area contributed by atoms with Crippen LogP contribution in [0.5, 0.6) is 0 Å². The molecule has 2 N–H and O–H groups in total. The third-order valence-electron chi connectivity index (χ3n) is 3.17. The fourth-order valence-electron chi connectivity index (χ4n) is 2.11. The van der Waals surface area contributed by atoms with Gasteiger partial charge in [-0.1, -0.05) is 19.1 Å². The molecule has 0 bridgehead atoms. The second-order valence-electron chi connectivity index (χ2n) is 4.77. The number of carboxylic acid groups (broad SMARTS) is 1. The molecule has 1 amide bonds. The third-order valence-corrected chi connectivity index (χ3v) is 4.26. The molecule has 0 fully saturated rings. The summed E-state index contributed by atoms with van der Waals surface area (Å²) in [7, 11) is 0. The molecule has 1 heterocycles. The minimum absolute atomic E-state index is 0.0538. The van der Waals surface area contributed by atoms with Crippen LogP contribution in [-0.4, -0.2) is 17.0 Å². The molecule has 4 nitrogen and oxygen atoms in total. The maximum absolute atomic E-state index is 12.2. The minimum atomic E-state index is -0.889. The second-order valence-corrected chi connectivity index (χ2v) is 6.03. The number of rotatable bonds is 5. The Morgan fingerprint density at radius 2 is 2.05 bits per heavy atom. The van der Waals surface area contributed by atoms with Crippen molar-refractivity contribution >= 4 is 28.9 Å². The Morgan fingerprint density at radius 3 is 2.67 bits per heavy atom. The van der Waals surface area contributed by atoms with Crippen molar-refractivity contribution in [1.82, 2.24) is 0 Å². The lowest BCUT2D eigenvalue weighted by atomic mass is 10.1. The predicted molar refractivity (Wildman–Crippen MR) is 84.2 cm³/mol. The number of aryl methyl sites for hydroxylation is 2. The van der Waals surface area contributed by atoms with Gasteiger partial charge in [-0.15, -0.1) is 11.3 Å². The molecule has 2 aromatic rings. The summed E-state index contributed by atoms with van der Waals surface area (Å²) in [5.74, 6) is -1.05. The van der Waals surface area contributed by atoms with E-state index in [4.69, 9.17) is 5.11 Å². The maximum atomic E-state index is 12.2. The number of anilines is 1. The van der Waals surface area contributed by atoms with Gasteiger partial charge in [-0.05, 0) is 42.7 Å². The number of carbonyl (C=O) groups excluding carboxylic acids is 1. The fourth-order valence-corrected chi connectivity index (χ4v) is 3.12. The Kier molecular flexibility index (Phi) is 4.75. The Bertz CT molecular complexity index is 676. The lowest BCUT2D eigenvalue weighted by Gasteiger charge is -2.05. The van der Waals surface area contributed by atoms with Crippen molar-refractivity contribution in [3.8, 4) is 0 Å². The number of aliphatic carboxylic acids is 1. The van der Waals surface area contributed by atoms with Gasteiger partial charge in [0, 0.05) is 10.6 Å².